The monoisotopic (exact) mass is 257 g/mol. The zero-order valence-corrected chi connectivity index (χ0v) is 11.0. The molecule has 1 aromatic heterocycles. The van der Waals surface area contributed by atoms with Crippen molar-refractivity contribution in [2.75, 3.05) is 6.54 Å². The van der Waals surface area contributed by atoms with Gasteiger partial charge in [-0.25, -0.2) is 0 Å². The van der Waals surface area contributed by atoms with Crippen LogP contribution >= 0.6 is 0 Å². The Hall–Kier alpha value is -1.68. The van der Waals surface area contributed by atoms with Crippen molar-refractivity contribution in [2.45, 2.75) is 38.0 Å². The molecule has 0 saturated heterocycles. The molecule has 1 fully saturated rings. The Bertz CT molecular complexity index is 544. The van der Waals surface area contributed by atoms with Gasteiger partial charge in [0.05, 0.1) is 0 Å². The van der Waals surface area contributed by atoms with Crippen LogP contribution in [0, 0.1) is 0 Å². The molecule has 1 aliphatic carbocycles. The van der Waals surface area contributed by atoms with E-state index in [0.717, 1.165) is 17.8 Å². The van der Waals surface area contributed by atoms with Crippen molar-refractivity contribution in [1.29, 1.82) is 0 Å². The topological polar surface area (TPSA) is 64.9 Å². The van der Waals surface area contributed by atoms with E-state index in [-0.39, 0.29) is 0 Å². The van der Waals surface area contributed by atoms with Crippen LogP contribution in [0.4, 0.5) is 0 Å². The Balaban J connectivity index is 1.89. The summed E-state index contributed by atoms with van der Waals surface area (Å²) >= 11 is 0. The van der Waals surface area contributed by atoms with Gasteiger partial charge in [0, 0.05) is 11.5 Å². The highest BCUT2D eigenvalue weighted by Crippen LogP contribution is 2.33. The SMILES string of the molecule is NCCc1ccccc1-c1nc(C2CCCC2)no1. The lowest BCUT2D eigenvalue weighted by atomic mass is 10.0. The summed E-state index contributed by atoms with van der Waals surface area (Å²) < 4.78 is 5.45. The summed E-state index contributed by atoms with van der Waals surface area (Å²) in [7, 11) is 0. The van der Waals surface area contributed by atoms with Crippen molar-refractivity contribution in [3.05, 3.63) is 35.7 Å². The van der Waals surface area contributed by atoms with Crippen molar-refractivity contribution < 1.29 is 4.52 Å². The highest BCUT2D eigenvalue weighted by Gasteiger charge is 2.23. The number of hydrogen-bond donors (Lipinski definition) is 1. The van der Waals surface area contributed by atoms with E-state index in [4.69, 9.17) is 10.3 Å². The summed E-state index contributed by atoms with van der Waals surface area (Å²) in [6.07, 6.45) is 5.75. The average molecular weight is 257 g/mol. The fraction of sp³-hybridized carbons (Fsp3) is 0.467. The molecule has 0 radical (unpaired) electrons. The molecule has 0 atom stereocenters. The van der Waals surface area contributed by atoms with Crippen molar-refractivity contribution in [1.82, 2.24) is 10.1 Å². The first-order valence-electron chi connectivity index (χ1n) is 7.00. The van der Waals surface area contributed by atoms with Gasteiger partial charge in [0.1, 0.15) is 0 Å². The van der Waals surface area contributed by atoms with E-state index < -0.39 is 0 Å². The Kier molecular flexibility index (Phi) is 3.60. The maximum absolute atomic E-state index is 5.65. The fourth-order valence-corrected chi connectivity index (χ4v) is 2.80. The van der Waals surface area contributed by atoms with E-state index in [1.54, 1.807) is 0 Å². The van der Waals surface area contributed by atoms with Gasteiger partial charge in [0.25, 0.3) is 5.89 Å². The minimum atomic E-state index is 0.485. The summed E-state index contributed by atoms with van der Waals surface area (Å²) in [5.74, 6) is 1.99. The number of hydrogen-bond acceptors (Lipinski definition) is 4. The minimum Gasteiger partial charge on any atom is -0.334 e. The lowest BCUT2D eigenvalue weighted by molar-refractivity contribution is 0.415. The normalized spacial score (nSPS) is 16.1. The quantitative estimate of drug-likeness (QED) is 0.914. The van der Waals surface area contributed by atoms with E-state index in [0.29, 0.717) is 18.4 Å². The fourth-order valence-electron chi connectivity index (χ4n) is 2.80. The van der Waals surface area contributed by atoms with Crippen LogP contribution in [-0.2, 0) is 6.42 Å². The third kappa shape index (κ3) is 2.54. The maximum atomic E-state index is 5.65. The van der Waals surface area contributed by atoms with Gasteiger partial charge in [-0.05, 0) is 37.4 Å². The number of nitrogens with two attached hydrogens (primary N) is 1. The lowest BCUT2D eigenvalue weighted by Crippen LogP contribution is -2.04. The molecule has 1 heterocycles. The molecule has 2 N–H and O–H groups in total. The molecular weight excluding hydrogens is 238 g/mol. The maximum Gasteiger partial charge on any atom is 0.258 e. The molecule has 100 valence electrons. The first kappa shape index (κ1) is 12.4. The van der Waals surface area contributed by atoms with Crippen LogP contribution in [-0.4, -0.2) is 16.7 Å². The van der Waals surface area contributed by atoms with Gasteiger partial charge >= 0.3 is 0 Å². The molecule has 19 heavy (non-hydrogen) atoms. The van der Waals surface area contributed by atoms with Crippen LogP contribution in [0.15, 0.2) is 28.8 Å². The highest BCUT2D eigenvalue weighted by atomic mass is 16.5. The molecule has 1 aromatic carbocycles. The van der Waals surface area contributed by atoms with Crippen LogP contribution in [0.3, 0.4) is 0 Å². The van der Waals surface area contributed by atoms with Crippen molar-refractivity contribution >= 4 is 0 Å². The van der Waals surface area contributed by atoms with E-state index >= 15 is 0 Å². The molecule has 0 aliphatic heterocycles. The van der Waals surface area contributed by atoms with Crippen molar-refractivity contribution in [2.24, 2.45) is 5.73 Å². The van der Waals surface area contributed by atoms with Crippen LogP contribution in [0.5, 0.6) is 0 Å². The third-order valence-electron chi connectivity index (χ3n) is 3.82. The molecule has 2 aromatic rings. The van der Waals surface area contributed by atoms with E-state index in [1.807, 2.05) is 18.2 Å². The second-order valence-corrected chi connectivity index (χ2v) is 5.13. The van der Waals surface area contributed by atoms with Crippen LogP contribution in [0.25, 0.3) is 11.5 Å². The summed E-state index contributed by atoms with van der Waals surface area (Å²) in [6, 6.07) is 8.11. The standard InChI is InChI=1S/C15H19N3O/c16-10-9-11-5-3-4-8-13(11)15-17-14(18-19-15)12-6-1-2-7-12/h3-5,8,12H,1-2,6-7,9-10,16H2. The minimum absolute atomic E-state index is 0.485. The molecular formula is C15H19N3O. The zero-order chi connectivity index (χ0) is 13.1. The molecule has 4 heteroatoms. The number of benzene rings is 1. The lowest BCUT2D eigenvalue weighted by Gasteiger charge is -2.03. The molecule has 0 amide bonds. The van der Waals surface area contributed by atoms with Gasteiger partial charge in [-0.1, -0.05) is 36.2 Å². The van der Waals surface area contributed by atoms with Crippen molar-refractivity contribution in [3.63, 3.8) is 0 Å². The Morgan fingerprint density at radius 2 is 2.00 bits per heavy atom. The molecule has 0 bridgehead atoms. The Morgan fingerprint density at radius 3 is 2.79 bits per heavy atom. The third-order valence-corrected chi connectivity index (χ3v) is 3.82. The predicted molar refractivity (Wildman–Crippen MR) is 73.7 cm³/mol. The van der Waals surface area contributed by atoms with Gasteiger partial charge in [-0.3, -0.25) is 0 Å². The number of nitrogens with zero attached hydrogens (tertiary/aromatic N) is 2. The number of aromatic nitrogens is 2. The predicted octanol–water partition coefficient (Wildman–Crippen LogP) is 2.90. The van der Waals surface area contributed by atoms with Crippen molar-refractivity contribution in [3.8, 4) is 11.5 Å². The first-order valence-corrected chi connectivity index (χ1v) is 7.00. The average Bonchev–Trinajstić information content (AvgIpc) is 3.11. The molecule has 0 unspecified atom stereocenters. The number of rotatable bonds is 4. The smallest absolute Gasteiger partial charge is 0.258 e. The highest BCUT2D eigenvalue weighted by molar-refractivity contribution is 5.58. The van der Waals surface area contributed by atoms with Crippen LogP contribution < -0.4 is 5.73 Å². The van der Waals surface area contributed by atoms with Gasteiger partial charge in [0.15, 0.2) is 5.82 Å². The van der Waals surface area contributed by atoms with Gasteiger partial charge in [0.2, 0.25) is 0 Å². The summed E-state index contributed by atoms with van der Waals surface area (Å²) in [5.41, 5.74) is 7.84. The van der Waals surface area contributed by atoms with Gasteiger partial charge < -0.3 is 10.3 Å². The summed E-state index contributed by atoms with van der Waals surface area (Å²) in [6.45, 7) is 0.626. The summed E-state index contributed by atoms with van der Waals surface area (Å²) in [5, 5.41) is 4.16. The van der Waals surface area contributed by atoms with E-state index in [9.17, 15) is 0 Å². The molecule has 0 spiro atoms. The van der Waals surface area contributed by atoms with Crippen LogP contribution in [0.1, 0.15) is 43.0 Å². The van der Waals surface area contributed by atoms with Crippen LogP contribution in [0.2, 0.25) is 0 Å². The van der Waals surface area contributed by atoms with Gasteiger partial charge in [-0.15, -0.1) is 0 Å². The molecule has 3 rings (SSSR count). The molecule has 1 aliphatic rings. The zero-order valence-electron chi connectivity index (χ0n) is 11.0. The van der Waals surface area contributed by atoms with Gasteiger partial charge in [-0.2, -0.15) is 4.98 Å². The molecule has 4 nitrogen and oxygen atoms in total. The Morgan fingerprint density at radius 1 is 1.21 bits per heavy atom. The molecule has 1 saturated carbocycles. The summed E-state index contributed by atoms with van der Waals surface area (Å²) in [4.78, 5) is 4.59. The Labute approximate surface area is 113 Å². The largest absolute Gasteiger partial charge is 0.334 e. The first-order chi connectivity index (χ1) is 9.38. The second kappa shape index (κ2) is 5.53. The second-order valence-electron chi connectivity index (χ2n) is 5.13. The van der Waals surface area contributed by atoms with E-state index in [1.165, 1.54) is 31.2 Å². The van der Waals surface area contributed by atoms with E-state index in [2.05, 4.69) is 16.2 Å².